The second-order valence-corrected chi connectivity index (χ2v) is 10.8. The maximum atomic E-state index is 5.09. The normalized spacial score (nSPS) is 21.3. The molecule has 0 aliphatic carbocycles. The topological polar surface area (TPSA) is 9.23 Å². The molecule has 1 heterocycles. The molecule has 1 nitrogen and oxygen atoms in total. The summed E-state index contributed by atoms with van der Waals surface area (Å²) in [5, 5.41) is 0. The van der Waals surface area contributed by atoms with E-state index in [0.29, 0.717) is 0 Å². The molecule has 0 saturated heterocycles. The smallest absolute Gasteiger partial charge is 0.214 e. The Morgan fingerprint density at radius 1 is 1.67 bits per heavy atom. The Bertz CT molecular complexity index is 74.8. The van der Waals surface area contributed by atoms with Gasteiger partial charge in [0.25, 0.3) is 0 Å². The van der Waals surface area contributed by atoms with Crippen molar-refractivity contribution >= 4 is 26.0 Å². The highest BCUT2D eigenvalue weighted by Crippen LogP contribution is 1.71. The van der Waals surface area contributed by atoms with Crippen LogP contribution >= 0.6 is 0 Å². The molecule has 0 fully saturated rings. The average Bonchev–Trinajstić information content (AvgIpc) is 1.72. The lowest BCUT2D eigenvalue weighted by molar-refractivity contribution is 0.529. The van der Waals surface area contributed by atoms with E-state index in [2.05, 4.69) is 5.70 Å². The maximum Gasteiger partial charge on any atom is 0.214 e. The quantitative estimate of drug-likeness (QED) is 0.354. The van der Waals surface area contributed by atoms with Gasteiger partial charge in [-0.05, 0) is 8.61 Å². The van der Waals surface area contributed by atoms with Crippen LogP contribution in [0, 0.1) is 0 Å². The molecule has 0 aromatic carbocycles. The Hall–Kier alpha value is 0.191. The summed E-state index contributed by atoms with van der Waals surface area (Å²) in [5.41, 5.74) is 2.20. The van der Waals surface area contributed by atoms with Crippen LogP contribution in [0.5, 0.6) is 0 Å². The minimum atomic E-state index is 0.0421. The van der Waals surface area contributed by atoms with E-state index in [1.165, 1.54) is 0 Å². The second kappa shape index (κ2) is 2.38. The third-order valence-corrected chi connectivity index (χ3v) is 8.66. The highest BCUT2D eigenvalue weighted by molar-refractivity contribution is 7.10. The molecule has 1 aliphatic heterocycles. The van der Waals surface area contributed by atoms with E-state index in [0.717, 1.165) is 16.7 Å². The van der Waals surface area contributed by atoms with E-state index in [-0.39, 0.29) is 9.28 Å². The van der Waals surface area contributed by atoms with E-state index in [1.54, 1.807) is 0 Å². The van der Waals surface area contributed by atoms with Gasteiger partial charge in [-0.1, -0.05) is 5.70 Å². The Kier molecular flexibility index (Phi) is 1.73. The second-order valence-electron chi connectivity index (χ2n) is 1.09. The fourth-order valence-electron chi connectivity index (χ4n) is 0.346. The lowest BCUT2D eigenvalue weighted by Crippen LogP contribution is -2.03. The van der Waals surface area contributed by atoms with Crippen molar-refractivity contribution in [2.45, 2.75) is 0 Å². The molecule has 0 atom stereocenters. The molecule has 6 heavy (non-hydrogen) atoms. The van der Waals surface area contributed by atoms with Crippen LogP contribution in [-0.2, 0) is 4.43 Å². The monoisotopic (exact) mass is 130 g/mol. The van der Waals surface area contributed by atoms with Crippen LogP contribution in [0.3, 0.4) is 0 Å². The van der Waals surface area contributed by atoms with E-state index in [4.69, 9.17) is 4.43 Å². The molecule has 0 spiro atoms. The van der Waals surface area contributed by atoms with Gasteiger partial charge < -0.3 is 4.43 Å². The number of hydrogen-bond acceptors (Lipinski definition) is 1. The van der Waals surface area contributed by atoms with Gasteiger partial charge in [-0.2, -0.15) is 0 Å². The average molecular weight is 130 g/mol. The summed E-state index contributed by atoms with van der Waals surface area (Å²) in [6.45, 7) is 0. The first-order chi connectivity index (χ1) is 3.00. The first-order valence-corrected chi connectivity index (χ1v) is 9.11. The molecule has 4 heteroatoms. The van der Waals surface area contributed by atoms with Gasteiger partial charge in [-0.25, -0.2) is 0 Å². The Labute approximate surface area is 43.1 Å². The molecule has 0 bridgehead atoms. The van der Waals surface area contributed by atoms with E-state index >= 15 is 0 Å². The lowest BCUT2D eigenvalue weighted by atomic mass is 11.2. The zero-order valence-corrected chi connectivity index (χ0v) is 7.15. The largest absolute Gasteiger partial charge is 0.556 e. The molecule has 0 aromatic rings. The summed E-state index contributed by atoms with van der Waals surface area (Å²) in [4.78, 5) is 0. The fraction of sp³-hybridized carbons (Fsp3) is 0. The van der Waals surface area contributed by atoms with E-state index in [1.807, 2.05) is 6.26 Å². The predicted molar refractivity (Wildman–Crippen MR) is 33.1 cm³/mol. The number of rotatable bonds is 0. The van der Waals surface area contributed by atoms with Crippen molar-refractivity contribution in [3.63, 3.8) is 0 Å². The Morgan fingerprint density at radius 2 is 2.67 bits per heavy atom. The predicted octanol–water partition coefficient (Wildman–Crippen LogP) is -1.73. The molecule has 0 aromatic heterocycles. The van der Waals surface area contributed by atoms with Crippen LogP contribution in [0.2, 0.25) is 0 Å². The van der Waals surface area contributed by atoms with Gasteiger partial charge >= 0.3 is 0 Å². The highest BCUT2D eigenvalue weighted by Gasteiger charge is 1.78. The maximum absolute atomic E-state index is 5.09. The molecule has 0 unspecified atom stereocenters. The van der Waals surface area contributed by atoms with Gasteiger partial charge in [0.1, 0.15) is 0 Å². The zero-order chi connectivity index (χ0) is 4.24. The molecule has 0 radical (unpaired) electrons. The van der Waals surface area contributed by atoms with Crippen LogP contribution in [0.15, 0.2) is 12.0 Å². The Balaban J connectivity index is 2.46. The van der Waals surface area contributed by atoms with Crippen molar-refractivity contribution < 1.29 is 4.43 Å². The van der Waals surface area contributed by atoms with Gasteiger partial charge in [0, 0.05) is 8.13 Å². The minimum Gasteiger partial charge on any atom is -0.556 e. The van der Waals surface area contributed by atoms with Gasteiger partial charge in [0.05, 0.1) is 6.26 Å². The van der Waals surface area contributed by atoms with E-state index < -0.39 is 0 Å². The summed E-state index contributed by atoms with van der Waals surface area (Å²) in [6, 6.07) is 0. The van der Waals surface area contributed by atoms with Crippen LogP contribution in [0.25, 0.3) is 0 Å². The van der Waals surface area contributed by atoms with Crippen molar-refractivity contribution in [1.82, 2.24) is 0 Å². The van der Waals surface area contributed by atoms with Gasteiger partial charge in [0.2, 0.25) is 9.28 Å². The molecule has 0 N–H and O–H groups in total. The third-order valence-electron chi connectivity index (χ3n) is 0.614. The Morgan fingerprint density at radius 3 is 2.83 bits per heavy atom. The van der Waals surface area contributed by atoms with Crippen molar-refractivity contribution in [3.05, 3.63) is 12.0 Å². The van der Waals surface area contributed by atoms with Crippen LogP contribution in [0.4, 0.5) is 0 Å². The molecule has 1 aliphatic rings. The minimum absolute atomic E-state index is 0.0421. The molecule has 1 rings (SSSR count). The van der Waals surface area contributed by atoms with Crippen molar-refractivity contribution in [2.75, 3.05) is 0 Å². The first kappa shape index (κ1) is 4.35. The lowest BCUT2D eigenvalue weighted by Gasteiger charge is -1.94. The SMILES string of the molecule is C1=C[SiH]=[SiH][SiH2]O1. The highest BCUT2D eigenvalue weighted by atomic mass is 29.3. The van der Waals surface area contributed by atoms with Gasteiger partial charge in [-0.3, -0.25) is 0 Å². The van der Waals surface area contributed by atoms with E-state index in [9.17, 15) is 0 Å². The summed E-state index contributed by atoms with van der Waals surface area (Å²) >= 11 is 0. The summed E-state index contributed by atoms with van der Waals surface area (Å²) in [5.74, 6) is 0. The van der Waals surface area contributed by atoms with Crippen LogP contribution in [-0.4, -0.2) is 26.0 Å². The van der Waals surface area contributed by atoms with Crippen LogP contribution in [0.1, 0.15) is 0 Å². The van der Waals surface area contributed by atoms with Gasteiger partial charge in [-0.15, -0.1) is 0 Å². The first-order valence-electron chi connectivity index (χ1n) is 1.93. The zero-order valence-electron chi connectivity index (χ0n) is 3.42. The van der Waals surface area contributed by atoms with Crippen molar-refractivity contribution in [1.29, 1.82) is 0 Å². The summed E-state index contributed by atoms with van der Waals surface area (Å²) < 4.78 is 5.09. The van der Waals surface area contributed by atoms with Crippen molar-refractivity contribution in [2.24, 2.45) is 0 Å². The fourth-order valence-corrected chi connectivity index (χ4v) is 6.53. The molecule has 32 valence electrons. The standard InChI is InChI=1S/C2H6OSi3/c1-2-4-6-5-3-1/h1-2,4,6H,5H2. The van der Waals surface area contributed by atoms with Gasteiger partial charge in [0.15, 0.2) is 0 Å². The summed E-state index contributed by atoms with van der Waals surface area (Å²) in [6.07, 6.45) is 1.89. The summed E-state index contributed by atoms with van der Waals surface area (Å²) in [7, 11) is 1.60. The van der Waals surface area contributed by atoms with Crippen molar-refractivity contribution in [3.8, 4) is 0 Å². The third kappa shape index (κ3) is 1.11. The molecular formula is C2H6OSi3. The van der Waals surface area contributed by atoms with Crippen LogP contribution < -0.4 is 0 Å². The molecule has 0 amide bonds. The molecule has 0 saturated carbocycles. The molecular weight excluding hydrogens is 124 g/mol. The number of hydrogen-bond donors (Lipinski definition) is 0.